The van der Waals surface area contributed by atoms with E-state index in [-0.39, 0.29) is 38.7 Å². The van der Waals surface area contributed by atoms with Crippen LogP contribution >= 0.6 is 11.6 Å². The van der Waals surface area contributed by atoms with E-state index >= 15 is 0 Å². The molecule has 2 aromatic heterocycles. The van der Waals surface area contributed by atoms with E-state index < -0.39 is 23.4 Å². The van der Waals surface area contributed by atoms with Gasteiger partial charge in [-0.1, -0.05) is 23.7 Å². The number of benzene rings is 2. The maximum Gasteiger partial charge on any atom is 0.338 e. The number of aromatic nitrogens is 2. The third kappa shape index (κ3) is 3.23. The summed E-state index contributed by atoms with van der Waals surface area (Å²) in [6, 6.07) is 10.1. The molecule has 0 bridgehead atoms. The maximum atomic E-state index is 14.8. The number of esters is 1. The summed E-state index contributed by atoms with van der Waals surface area (Å²) in [5, 5.41) is 0.0743. The van der Waals surface area contributed by atoms with Gasteiger partial charge in [-0.15, -0.1) is 0 Å². The molecule has 4 aromatic rings. The van der Waals surface area contributed by atoms with E-state index in [4.69, 9.17) is 11.6 Å². The van der Waals surface area contributed by atoms with Gasteiger partial charge in [0.15, 0.2) is 0 Å². The van der Waals surface area contributed by atoms with E-state index in [1.54, 1.807) is 0 Å². The van der Waals surface area contributed by atoms with Crippen LogP contribution in [0.4, 0.5) is 13.2 Å². The third-order valence-corrected chi connectivity index (χ3v) is 4.82. The van der Waals surface area contributed by atoms with Gasteiger partial charge in [0.05, 0.1) is 12.7 Å². The molecule has 0 unspecified atom stereocenters. The molecule has 2 aromatic carbocycles. The van der Waals surface area contributed by atoms with Crippen LogP contribution in [0.1, 0.15) is 10.4 Å². The second-order valence-corrected chi connectivity index (χ2v) is 6.53. The number of hydrogen-bond acceptors (Lipinski definition) is 3. The normalized spacial score (nSPS) is 11.1. The average Bonchev–Trinajstić information content (AvgIpc) is 3.03. The van der Waals surface area contributed by atoms with Crippen molar-refractivity contribution >= 4 is 23.2 Å². The lowest BCUT2D eigenvalue weighted by atomic mass is 9.97. The van der Waals surface area contributed by atoms with Gasteiger partial charge in [-0.25, -0.2) is 22.9 Å². The summed E-state index contributed by atoms with van der Waals surface area (Å²) in [5.74, 6) is -2.83. The first kappa shape index (κ1) is 19.0. The molecule has 0 amide bonds. The Balaban J connectivity index is 1.97. The molecular weight excluding hydrogens is 405 g/mol. The van der Waals surface area contributed by atoms with Gasteiger partial charge in [-0.3, -0.25) is 4.40 Å². The second-order valence-electron chi connectivity index (χ2n) is 6.17. The van der Waals surface area contributed by atoms with Gasteiger partial charge in [0.1, 0.15) is 33.9 Å². The number of fused-ring (bicyclic) bond motifs is 1. The van der Waals surface area contributed by atoms with Gasteiger partial charge in [-0.2, -0.15) is 0 Å². The molecule has 8 heteroatoms. The number of nitrogens with zero attached hydrogens (tertiary/aromatic N) is 2. The summed E-state index contributed by atoms with van der Waals surface area (Å²) < 4.78 is 48.7. The highest BCUT2D eigenvalue weighted by Crippen LogP contribution is 2.38. The summed E-state index contributed by atoms with van der Waals surface area (Å²) in [6.45, 7) is 0. The summed E-state index contributed by atoms with van der Waals surface area (Å²) >= 11 is 6.42. The predicted octanol–water partition coefficient (Wildman–Crippen LogP) is 5.53. The average molecular weight is 417 g/mol. The van der Waals surface area contributed by atoms with E-state index in [0.29, 0.717) is 0 Å². The Bertz CT molecular complexity index is 1270. The molecule has 29 heavy (non-hydrogen) atoms. The van der Waals surface area contributed by atoms with Crippen LogP contribution in [-0.2, 0) is 4.74 Å². The van der Waals surface area contributed by atoms with Gasteiger partial charge in [0.25, 0.3) is 0 Å². The van der Waals surface area contributed by atoms with Crippen molar-refractivity contribution in [3.8, 4) is 22.4 Å². The number of hydrogen-bond donors (Lipinski definition) is 0. The van der Waals surface area contributed by atoms with E-state index in [1.165, 1.54) is 54.1 Å². The van der Waals surface area contributed by atoms with Crippen LogP contribution in [0.5, 0.6) is 0 Å². The minimum absolute atomic E-state index is 0.00396. The number of ether oxygens (including phenoxy) is 1. The smallest absolute Gasteiger partial charge is 0.338 e. The molecule has 0 radical (unpaired) electrons. The second kappa shape index (κ2) is 7.25. The minimum atomic E-state index is -0.843. The number of pyridine rings is 1. The largest absolute Gasteiger partial charge is 0.465 e. The van der Waals surface area contributed by atoms with Crippen molar-refractivity contribution in [2.45, 2.75) is 0 Å². The SMILES string of the molecule is COC(=O)c1ccn2c(Cl)c(-c3c(F)cccc3-c3ccc(F)cc3F)nc2c1. The zero-order valence-electron chi connectivity index (χ0n) is 14.9. The third-order valence-electron chi connectivity index (χ3n) is 4.46. The topological polar surface area (TPSA) is 43.6 Å². The fourth-order valence-corrected chi connectivity index (χ4v) is 3.40. The molecule has 0 aliphatic rings. The van der Waals surface area contributed by atoms with Gasteiger partial charge in [-0.05, 0) is 35.9 Å². The number of rotatable bonds is 3. The summed E-state index contributed by atoms with van der Waals surface area (Å²) in [7, 11) is 1.25. The predicted molar refractivity (Wildman–Crippen MR) is 102 cm³/mol. The zero-order chi connectivity index (χ0) is 20.7. The fraction of sp³-hybridized carbons (Fsp3) is 0.0476. The van der Waals surface area contributed by atoms with Crippen LogP contribution in [0, 0.1) is 17.5 Å². The highest BCUT2D eigenvalue weighted by molar-refractivity contribution is 6.32. The first-order chi connectivity index (χ1) is 13.9. The lowest BCUT2D eigenvalue weighted by Crippen LogP contribution is -2.01. The monoisotopic (exact) mass is 416 g/mol. The number of carbonyl (C=O) groups is 1. The maximum absolute atomic E-state index is 14.8. The molecule has 2 heterocycles. The van der Waals surface area contributed by atoms with Gasteiger partial charge in [0, 0.05) is 23.4 Å². The lowest BCUT2D eigenvalue weighted by molar-refractivity contribution is 0.0600. The van der Waals surface area contributed by atoms with Crippen LogP contribution in [0.15, 0.2) is 54.7 Å². The molecule has 0 N–H and O–H groups in total. The highest BCUT2D eigenvalue weighted by atomic mass is 35.5. The quantitative estimate of drug-likeness (QED) is 0.413. The van der Waals surface area contributed by atoms with E-state index in [2.05, 4.69) is 9.72 Å². The van der Waals surface area contributed by atoms with Crippen molar-refractivity contribution in [1.29, 1.82) is 0 Å². The van der Waals surface area contributed by atoms with Crippen LogP contribution in [0.25, 0.3) is 28.0 Å². The minimum Gasteiger partial charge on any atom is -0.465 e. The van der Waals surface area contributed by atoms with Crippen molar-refractivity contribution in [2.24, 2.45) is 0 Å². The Labute approximate surface area is 168 Å². The van der Waals surface area contributed by atoms with Crippen molar-refractivity contribution in [2.75, 3.05) is 7.11 Å². The molecule has 0 saturated heterocycles. The Hall–Kier alpha value is -3.32. The van der Waals surface area contributed by atoms with Crippen LogP contribution in [-0.4, -0.2) is 22.5 Å². The molecule has 0 atom stereocenters. The molecule has 146 valence electrons. The number of imidazole rings is 1. The molecule has 4 rings (SSSR count). The molecule has 0 aliphatic carbocycles. The Morgan fingerprint density at radius 3 is 2.55 bits per heavy atom. The van der Waals surface area contributed by atoms with Crippen LogP contribution in [0.3, 0.4) is 0 Å². The van der Waals surface area contributed by atoms with Crippen molar-refractivity contribution < 1.29 is 22.7 Å². The first-order valence-corrected chi connectivity index (χ1v) is 8.78. The summed E-state index contributed by atoms with van der Waals surface area (Å²) in [4.78, 5) is 16.1. The van der Waals surface area contributed by atoms with E-state index in [1.807, 2.05) is 0 Å². The Morgan fingerprint density at radius 2 is 1.83 bits per heavy atom. The van der Waals surface area contributed by atoms with Gasteiger partial charge >= 0.3 is 5.97 Å². The van der Waals surface area contributed by atoms with Gasteiger partial charge in [0.2, 0.25) is 0 Å². The molecule has 0 aliphatic heterocycles. The zero-order valence-corrected chi connectivity index (χ0v) is 15.7. The van der Waals surface area contributed by atoms with Crippen molar-refractivity contribution in [1.82, 2.24) is 9.38 Å². The molecule has 4 nitrogen and oxygen atoms in total. The van der Waals surface area contributed by atoms with Crippen LogP contribution < -0.4 is 0 Å². The molecule has 0 saturated carbocycles. The standard InChI is InChI=1S/C21H12ClF3N2O2/c1-29-21(28)11-7-8-27-17(9-11)26-19(20(27)22)18-14(3-2-4-15(18)24)13-6-5-12(23)10-16(13)25/h2-10H,1H3. The fourth-order valence-electron chi connectivity index (χ4n) is 3.12. The first-order valence-electron chi connectivity index (χ1n) is 8.41. The van der Waals surface area contributed by atoms with Crippen LogP contribution in [0.2, 0.25) is 5.15 Å². The Kier molecular flexibility index (Phi) is 4.76. The van der Waals surface area contributed by atoms with Crippen molar-refractivity contribution in [3.05, 3.63) is 82.9 Å². The van der Waals surface area contributed by atoms with Crippen molar-refractivity contribution in [3.63, 3.8) is 0 Å². The number of halogens is 4. The summed E-state index contributed by atoms with van der Waals surface area (Å²) in [6.07, 6.45) is 1.50. The molecule has 0 spiro atoms. The highest BCUT2D eigenvalue weighted by Gasteiger charge is 2.22. The Morgan fingerprint density at radius 1 is 1.03 bits per heavy atom. The van der Waals surface area contributed by atoms with E-state index in [9.17, 15) is 18.0 Å². The van der Waals surface area contributed by atoms with Gasteiger partial charge < -0.3 is 4.74 Å². The summed E-state index contributed by atoms with van der Waals surface area (Å²) in [5.41, 5.74) is 0.718. The lowest BCUT2D eigenvalue weighted by Gasteiger charge is -2.10. The molecular formula is C21H12ClF3N2O2. The molecule has 0 fully saturated rings. The van der Waals surface area contributed by atoms with E-state index in [0.717, 1.165) is 12.1 Å². The number of carbonyl (C=O) groups excluding carboxylic acids is 1. The number of methoxy groups -OCH3 is 1.